The predicted molar refractivity (Wildman–Crippen MR) is 91.1 cm³/mol. The fraction of sp³-hybridized carbons (Fsp3) is 0.167. The molecular formula is C18H13F3O5S. The van der Waals surface area contributed by atoms with Gasteiger partial charge in [-0.3, -0.25) is 0 Å². The van der Waals surface area contributed by atoms with Crippen LogP contribution in [0.4, 0.5) is 13.2 Å². The van der Waals surface area contributed by atoms with Crippen molar-refractivity contribution in [2.45, 2.75) is 24.4 Å². The van der Waals surface area contributed by atoms with Crippen LogP contribution in [0.5, 0.6) is 5.75 Å². The molecule has 0 aliphatic carbocycles. The lowest BCUT2D eigenvalue weighted by Crippen LogP contribution is -2.12. The number of aryl methyl sites for hydroxylation is 1. The lowest BCUT2D eigenvalue weighted by atomic mass is 10.1. The molecule has 0 fully saturated rings. The molecular weight excluding hydrogens is 385 g/mol. The van der Waals surface area contributed by atoms with Crippen LogP contribution in [-0.2, 0) is 22.7 Å². The van der Waals surface area contributed by atoms with Gasteiger partial charge in [0.25, 0.3) is 0 Å². The van der Waals surface area contributed by atoms with Gasteiger partial charge in [-0.25, -0.2) is 4.79 Å². The van der Waals surface area contributed by atoms with Gasteiger partial charge in [-0.2, -0.15) is 21.6 Å². The summed E-state index contributed by atoms with van der Waals surface area (Å²) in [4.78, 5) is 11.3. The minimum absolute atomic E-state index is 0.106. The van der Waals surface area contributed by atoms with Gasteiger partial charge >= 0.3 is 21.9 Å². The van der Waals surface area contributed by atoms with Crippen molar-refractivity contribution < 1.29 is 30.2 Å². The van der Waals surface area contributed by atoms with Crippen LogP contribution in [0.1, 0.15) is 18.1 Å². The average molecular weight is 398 g/mol. The molecule has 0 spiro atoms. The van der Waals surface area contributed by atoms with E-state index < -0.39 is 33.1 Å². The van der Waals surface area contributed by atoms with E-state index in [-0.39, 0.29) is 16.0 Å². The lowest BCUT2D eigenvalue weighted by molar-refractivity contribution is -0.136. The van der Waals surface area contributed by atoms with E-state index in [1.165, 1.54) is 12.1 Å². The van der Waals surface area contributed by atoms with Crippen molar-refractivity contribution in [3.63, 3.8) is 0 Å². The van der Waals surface area contributed by atoms with Crippen molar-refractivity contribution in [1.29, 1.82) is 0 Å². The van der Waals surface area contributed by atoms with Gasteiger partial charge in [-0.1, -0.05) is 19.1 Å². The van der Waals surface area contributed by atoms with Gasteiger partial charge in [-0.15, -0.1) is 0 Å². The Morgan fingerprint density at radius 2 is 1.70 bits per heavy atom. The van der Waals surface area contributed by atoms with Gasteiger partial charge in [0.15, 0.2) is 0 Å². The summed E-state index contributed by atoms with van der Waals surface area (Å²) >= 11 is 0. The number of hydrogen-bond acceptors (Lipinski definition) is 5. The number of halogens is 3. The molecule has 5 nitrogen and oxygen atoms in total. The molecule has 142 valence electrons. The van der Waals surface area contributed by atoms with Crippen LogP contribution in [0, 0.1) is 0 Å². The molecule has 0 bridgehead atoms. The third-order valence-electron chi connectivity index (χ3n) is 3.85. The van der Waals surface area contributed by atoms with Gasteiger partial charge < -0.3 is 8.60 Å². The van der Waals surface area contributed by atoms with Crippen LogP contribution >= 0.6 is 0 Å². The second kappa shape index (κ2) is 6.73. The largest absolute Gasteiger partial charge is 0.423 e. The molecule has 1 aromatic heterocycles. The first-order valence-electron chi connectivity index (χ1n) is 7.78. The summed E-state index contributed by atoms with van der Waals surface area (Å²) in [5, 5.41) is -0.376. The monoisotopic (exact) mass is 398 g/mol. The zero-order valence-corrected chi connectivity index (χ0v) is 14.7. The Hall–Kier alpha value is -2.81. The molecule has 0 N–H and O–H groups in total. The maximum absolute atomic E-state index is 13.0. The van der Waals surface area contributed by atoms with E-state index in [1.54, 1.807) is 12.1 Å². The third-order valence-corrected chi connectivity index (χ3v) is 5.11. The summed E-state index contributed by atoms with van der Waals surface area (Å²) in [6, 6.07) is 9.34. The third kappa shape index (κ3) is 3.97. The molecule has 3 rings (SSSR count). The molecule has 0 aliphatic rings. The fourth-order valence-corrected chi connectivity index (χ4v) is 3.42. The van der Waals surface area contributed by atoms with E-state index in [4.69, 9.17) is 8.60 Å². The molecule has 0 amide bonds. The first-order chi connectivity index (χ1) is 12.6. The van der Waals surface area contributed by atoms with E-state index in [0.717, 1.165) is 30.2 Å². The summed E-state index contributed by atoms with van der Waals surface area (Å²) in [5.74, 6) is -0.274. The van der Waals surface area contributed by atoms with Crippen molar-refractivity contribution in [2.24, 2.45) is 0 Å². The number of fused-ring (bicyclic) bond motifs is 1. The minimum Gasteiger partial charge on any atom is -0.423 e. The zero-order valence-electron chi connectivity index (χ0n) is 13.9. The Kier molecular flexibility index (Phi) is 4.73. The normalized spacial score (nSPS) is 12.3. The standard InChI is InChI=1S/C18H13F3O5S/c1-2-11-3-6-13(7-4-11)27(23,24)26-12-5-8-14-15(18(19,20)21)10-17(22)25-16(14)9-12/h3-10H,2H2,1H3. The number of benzene rings is 2. The highest BCUT2D eigenvalue weighted by Gasteiger charge is 2.34. The van der Waals surface area contributed by atoms with Gasteiger partial charge in [0.05, 0.1) is 5.56 Å². The van der Waals surface area contributed by atoms with Crippen molar-refractivity contribution in [2.75, 3.05) is 0 Å². The Morgan fingerprint density at radius 3 is 2.30 bits per heavy atom. The average Bonchev–Trinajstić information content (AvgIpc) is 2.59. The van der Waals surface area contributed by atoms with Crippen molar-refractivity contribution in [3.8, 4) is 5.75 Å². The summed E-state index contributed by atoms with van der Waals surface area (Å²) < 4.78 is 73.5. The molecule has 0 atom stereocenters. The Balaban J connectivity index is 2.01. The Labute approximate surface area is 152 Å². The maximum atomic E-state index is 13.0. The van der Waals surface area contributed by atoms with Gasteiger partial charge in [-0.05, 0) is 36.2 Å². The maximum Gasteiger partial charge on any atom is 0.417 e. The van der Waals surface area contributed by atoms with Crippen LogP contribution in [0.2, 0.25) is 0 Å². The number of hydrogen-bond donors (Lipinski definition) is 0. The van der Waals surface area contributed by atoms with Gasteiger partial charge in [0.1, 0.15) is 16.2 Å². The van der Waals surface area contributed by atoms with E-state index in [9.17, 15) is 26.4 Å². The first kappa shape index (κ1) is 19.0. The second-order valence-electron chi connectivity index (χ2n) is 5.67. The molecule has 27 heavy (non-hydrogen) atoms. The van der Waals surface area contributed by atoms with E-state index >= 15 is 0 Å². The predicted octanol–water partition coefficient (Wildman–Crippen LogP) is 4.14. The molecule has 0 aliphatic heterocycles. The Bertz CT molecular complexity index is 1150. The number of alkyl halides is 3. The van der Waals surface area contributed by atoms with E-state index in [1.807, 2.05) is 6.92 Å². The van der Waals surface area contributed by atoms with Crippen LogP contribution in [0.25, 0.3) is 11.0 Å². The minimum atomic E-state index is -4.76. The quantitative estimate of drug-likeness (QED) is 0.488. The molecule has 9 heteroatoms. The van der Waals surface area contributed by atoms with Crippen molar-refractivity contribution >= 4 is 21.1 Å². The molecule has 0 saturated heterocycles. The van der Waals surface area contributed by atoms with Crippen LogP contribution < -0.4 is 9.81 Å². The fourth-order valence-electron chi connectivity index (χ4n) is 2.50. The van der Waals surface area contributed by atoms with E-state index in [0.29, 0.717) is 6.07 Å². The molecule has 0 radical (unpaired) electrons. The van der Waals surface area contributed by atoms with Gasteiger partial charge in [0, 0.05) is 17.5 Å². The molecule has 3 aromatic rings. The summed E-state index contributed by atoms with van der Waals surface area (Å²) in [6.45, 7) is 1.91. The highest BCUT2D eigenvalue weighted by molar-refractivity contribution is 7.87. The van der Waals surface area contributed by atoms with Crippen LogP contribution in [0.3, 0.4) is 0 Å². The number of rotatable bonds is 4. The summed E-state index contributed by atoms with van der Waals surface area (Å²) in [7, 11) is -4.20. The summed E-state index contributed by atoms with van der Waals surface area (Å²) in [5.41, 5.74) is -1.87. The van der Waals surface area contributed by atoms with Gasteiger partial charge in [0.2, 0.25) is 0 Å². The second-order valence-corrected chi connectivity index (χ2v) is 7.22. The van der Waals surface area contributed by atoms with Crippen LogP contribution in [-0.4, -0.2) is 8.42 Å². The smallest absolute Gasteiger partial charge is 0.417 e. The Morgan fingerprint density at radius 1 is 1.04 bits per heavy atom. The highest BCUT2D eigenvalue weighted by atomic mass is 32.2. The molecule has 2 aromatic carbocycles. The lowest BCUT2D eigenvalue weighted by Gasteiger charge is -2.11. The topological polar surface area (TPSA) is 73.6 Å². The first-order valence-corrected chi connectivity index (χ1v) is 9.19. The molecule has 1 heterocycles. The zero-order chi connectivity index (χ0) is 19.8. The highest BCUT2D eigenvalue weighted by Crippen LogP contribution is 2.35. The van der Waals surface area contributed by atoms with E-state index in [2.05, 4.69) is 0 Å². The molecule has 0 unspecified atom stereocenters. The van der Waals surface area contributed by atoms with Crippen molar-refractivity contribution in [1.82, 2.24) is 0 Å². The van der Waals surface area contributed by atoms with Crippen LogP contribution in [0.15, 0.2) is 62.6 Å². The van der Waals surface area contributed by atoms with Crippen molar-refractivity contribution in [3.05, 3.63) is 70.1 Å². The summed E-state index contributed by atoms with van der Waals surface area (Å²) in [6.07, 6.45) is -4.03. The SMILES string of the molecule is CCc1ccc(S(=O)(=O)Oc2ccc3c(C(F)(F)F)cc(=O)oc3c2)cc1. The molecule has 0 saturated carbocycles.